The summed E-state index contributed by atoms with van der Waals surface area (Å²) in [6, 6.07) is 11.0. The van der Waals surface area contributed by atoms with Crippen LogP contribution >= 0.6 is 0 Å². The summed E-state index contributed by atoms with van der Waals surface area (Å²) >= 11 is 0. The van der Waals surface area contributed by atoms with E-state index in [9.17, 15) is 30.8 Å². The molecule has 2 heterocycles. The maximum Gasteiger partial charge on any atom is 0.534 e. The van der Waals surface area contributed by atoms with Crippen molar-refractivity contribution in [2.75, 3.05) is 18.0 Å². The maximum absolute atomic E-state index is 13.1. The lowest BCUT2D eigenvalue weighted by Crippen LogP contribution is -2.34. The molecule has 4 rings (SSSR count). The lowest BCUT2D eigenvalue weighted by Gasteiger charge is -2.26. The number of hydrogen-bond donors (Lipinski definition) is 0. The van der Waals surface area contributed by atoms with E-state index in [1.807, 2.05) is 11.0 Å². The van der Waals surface area contributed by atoms with Gasteiger partial charge >= 0.3 is 21.3 Å². The van der Waals surface area contributed by atoms with Gasteiger partial charge in [-0.25, -0.2) is 14.2 Å². The largest absolute Gasteiger partial charge is 0.534 e. The number of alkyl halides is 3. The highest BCUT2D eigenvalue weighted by Crippen LogP contribution is 2.27. The van der Waals surface area contributed by atoms with Crippen LogP contribution in [0.4, 0.5) is 23.5 Å². The molecule has 0 N–H and O–H groups in total. The van der Waals surface area contributed by atoms with Gasteiger partial charge in [-0.05, 0) is 47.4 Å². The first kappa shape index (κ1) is 24.4. The second kappa shape index (κ2) is 9.49. The molecule has 13 heteroatoms. The van der Waals surface area contributed by atoms with Gasteiger partial charge in [0, 0.05) is 13.1 Å². The van der Waals surface area contributed by atoms with Crippen LogP contribution in [0.25, 0.3) is 5.57 Å². The second-order valence-corrected chi connectivity index (χ2v) is 9.16. The maximum atomic E-state index is 13.1. The van der Waals surface area contributed by atoms with E-state index in [1.165, 1.54) is 35.2 Å². The number of hydrogen-bond acceptors (Lipinski definition) is 7. The number of anilines is 1. The highest BCUT2D eigenvalue weighted by atomic mass is 32.2. The van der Waals surface area contributed by atoms with Crippen molar-refractivity contribution in [1.29, 1.82) is 0 Å². The van der Waals surface area contributed by atoms with Crippen LogP contribution < -0.4 is 14.8 Å². The Morgan fingerprint density at radius 3 is 2.29 bits per heavy atom. The topological polar surface area (TPSA) is 94.4 Å². The Kier molecular flexibility index (Phi) is 6.61. The summed E-state index contributed by atoms with van der Waals surface area (Å²) in [5.41, 5.74) is -3.64. The zero-order chi connectivity index (χ0) is 25.2. The van der Waals surface area contributed by atoms with Crippen LogP contribution in [0.15, 0.2) is 65.7 Å². The summed E-state index contributed by atoms with van der Waals surface area (Å²) < 4.78 is 77.8. The smallest absolute Gasteiger partial charge is 0.376 e. The Hall–Kier alpha value is -3.74. The molecule has 1 aromatic heterocycles. The minimum atomic E-state index is -5.76. The Morgan fingerprint density at radius 1 is 1.03 bits per heavy atom. The third-order valence-electron chi connectivity index (χ3n) is 5.23. The standard InChI is InChI=1S/C22H18F4N4O4S/c23-18-5-3-16(4-6-18)17-9-11-29(12-10-17)20-27-14-30(21(31)28-20)13-15-1-7-19(8-2-15)34-35(32,33)22(24,25)26/h1-9,14H,10-13H2. The van der Waals surface area contributed by atoms with Crippen LogP contribution in [0.2, 0.25) is 0 Å². The number of rotatable bonds is 6. The molecule has 0 bridgehead atoms. The van der Waals surface area contributed by atoms with Crippen molar-refractivity contribution in [3.05, 3.63) is 88.4 Å². The molecule has 0 amide bonds. The van der Waals surface area contributed by atoms with Crippen LogP contribution in [0.5, 0.6) is 5.75 Å². The van der Waals surface area contributed by atoms with E-state index in [4.69, 9.17) is 0 Å². The molecule has 0 spiro atoms. The number of halogens is 4. The highest BCUT2D eigenvalue weighted by molar-refractivity contribution is 7.88. The van der Waals surface area contributed by atoms with Gasteiger partial charge < -0.3 is 9.08 Å². The van der Waals surface area contributed by atoms with Crippen LogP contribution in [0.3, 0.4) is 0 Å². The molecular formula is C22H18F4N4O4S. The first-order chi connectivity index (χ1) is 16.5. The molecule has 0 saturated carbocycles. The van der Waals surface area contributed by atoms with Gasteiger partial charge in [0.1, 0.15) is 17.9 Å². The van der Waals surface area contributed by atoms with Crippen LogP contribution in [0, 0.1) is 5.82 Å². The third kappa shape index (κ3) is 5.67. The van der Waals surface area contributed by atoms with Gasteiger partial charge in [0.25, 0.3) is 0 Å². The second-order valence-electron chi connectivity index (χ2n) is 7.63. The fourth-order valence-electron chi connectivity index (χ4n) is 3.41. The Morgan fingerprint density at radius 2 is 1.71 bits per heavy atom. The predicted octanol–water partition coefficient (Wildman–Crippen LogP) is 3.35. The molecule has 1 aliphatic heterocycles. The van der Waals surface area contributed by atoms with Crippen LogP contribution in [0.1, 0.15) is 17.5 Å². The van der Waals surface area contributed by atoms with E-state index in [-0.39, 0.29) is 18.3 Å². The molecule has 3 aromatic rings. The lowest BCUT2D eigenvalue weighted by molar-refractivity contribution is -0.0500. The Bertz CT molecular complexity index is 1400. The van der Waals surface area contributed by atoms with Crippen molar-refractivity contribution >= 4 is 21.6 Å². The van der Waals surface area contributed by atoms with E-state index in [2.05, 4.69) is 14.2 Å². The van der Waals surface area contributed by atoms with Gasteiger partial charge in [-0.2, -0.15) is 26.6 Å². The van der Waals surface area contributed by atoms with Gasteiger partial charge in [0.15, 0.2) is 0 Å². The van der Waals surface area contributed by atoms with Gasteiger partial charge in [-0.15, -0.1) is 0 Å². The van der Waals surface area contributed by atoms with Crippen LogP contribution in [-0.4, -0.2) is 41.6 Å². The monoisotopic (exact) mass is 510 g/mol. The molecule has 35 heavy (non-hydrogen) atoms. The molecule has 0 unspecified atom stereocenters. The number of nitrogens with zero attached hydrogens (tertiary/aromatic N) is 4. The SMILES string of the molecule is O=c1nc(N2CC=C(c3ccc(F)cc3)CC2)ncn1Cc1ccc(OS(=O)(=O)C(F)(F)F)cc1. The molecule has 0 atom stereocenters. The minimum Gasteiger partial charge on any atom is -0.376 e. The molecule has 1 aliphatic rings. The highest BCUT2D eigenvalue weighted by Gasteiger charge is 2.48. The normalized spacial score (nSPS) is 14.5. The zero-order valence-electron chi connectivity index (χ0n) is 17.9. The molecule has 0 aliphatic carbocycles. The van der Waals surface area contributed by atoms with Crippen molar-refractivity contribution < 1.29 is 30.2 Å². The molecule has 0 fully saturated rings. The van der Waals surface area contributed by atoms with Gasteiger partial charge in [0.05, 0.1) is 6.54 Å². The van der Waals surface area contributed by atoms with E-state index in [0.29, 0.717) is 25.1 Å². The van der Waals surface area contributed by atoms with Crippen molar-refractivity contribution in [3.8, 4) is 5.75 Å². The first-order valence-electron chi connectivity index (χ1n) is 10.2. The van der Waals surface area contributed by atoms with Gasteiger partial charge in [-0.3, -0.25) is 4.57 Å². The van der Waals surface area contributed by atoms with E-state index in [0.717, 1.165) is 23.3 Å². The fourth-order valence-corrected chi connectivity index (χ4v) is 3.87. The van der Waals surface area contributed by atoms with E-state index < -0.39 is 27.1 Å². The zero-order valence-corrected chi connectivity index (χ0v) is 18.8. The van der Waals surface area contributed by atoms with E-state index in [1.54, 1.807) is 12.1 Å². The molecule has 0 radical (unpaired) electrons. The molecule has 184 valence electrons. The van der Waals surface area contributed by atoms with Crippen molar-refractivity contribution in [2.45, 2.75) is 18.5 Å². The minimum absolute atomic E-state index is 0.0139. The number of aromatic nitrogens is 3. The van der Waals surface area contributed by atoms with Crippen molar-refractivity contribution in [3.63, 3.8) is 0 Å². The summed E-state index contributed by atoms with van der Waals surface area (Å²) in [6.45, 7) is 1.05. The molecular weight excluding hydrogens is 492 g/mol. The average molecular weight is 510 g/mol. The first-order valence-corrected chi connectivity index (χ1v) is 11.7. The van der Waals surface area contributed by atoms with Gasteiger partial charge in [0.2, 0.25) is 5.95 Å². The predicted molar refractivity (Wildman–Crippen MR) is 119 cm³/mol. The van der Waals surface area contributed by atoms with E-state index >= 15 is 0 Å². The number of benzene rings is 2. The summed E-state index contributed by atoms with van der Waals surface area (Å²) in [6.07, 6.45) is 3.94. The molecule has 8 nitrogen and oxygen atoms in total. The molecule has 2 aromatic carbocycles. The molecule has 0 saturated heterocycles. The summed E-state index contributed by atoms with van der Waals surface area (Å²) in [4.78, 5) is 22.5. The van der Waals surface area contributed by atoms with Gasteiger partial charge in [-0.1, -0.05) is 30.3 Å². The lowest BCUT2D eigenvalue weighted by atomic mass is 10.00. The summed E-state index contributed by atoms with van der Waals surface area (Å²) in [7, 11) is -5.76. The summed E-state index contributed by atoms with van der Waals surface area (Å²) in [5.74, 6) is -0.565. The fraction of sp³-hybridized carbons (Fsp3) is 0.227. The van der Waals surface area contributed by atoms with Crippen molar-refractivity contribution in [1.82, 2.24) is 14.5 Å². The Balaban J connectivity index is 1.41. The average Bonchev–Trinajstić information content (AvgIpc) is 2.81. The van der Waals surface area contributed by atoms with Crippen LogP contribution in [-0.2, 0) is 16.7 Å². The van der Waals surface area contributed by atoms with Crippen molar-refractivity contribution in [2.24, 2.45) is 0 Å². The Labute approximate surface area is 197 Å². The summed E-state index contributed by atoms with van der Waals surface area (Å²) in [5, 5.41) is 0. The quantitative estimate of drug-likeness (QED) is 0.285. The third-order valence-corrected chi connectivity index (χ3v) is 6.21.